The summed E-state index contributed by atoms with van der Waals surface area (Å²) in [5.74, 6) is 2.90. The molecule has 0 aromatic rings. The van der Waals surface area contributed by atoms with Crippen LogP contribution in [0.5, 0.6) is 0 Å². The fourth-order valence-electron chi connectivity index (χ4n) is 3.95. The number of halogens is 1. The van der Waals surface area contributed by atoms with Crippen LogP contribution in [-0.4, -0.2) is 17.3 Å². The van der Waals surface area contributed by atoms with Gasteiger partial charge in [0.2, 0.25) is 5.91 Å². The summed E-state index contributed by atoms with van der Waals surface area (Å²) in [6.07, 6.45) is 9.17. The van der Waals surface area contributed by atoms with Gasteiger partial charge in [-0.25, -0.2) is 0 Å². The van der Waals surface area contributed by atoms with Crippen molar-refractivity contribution >= 4 is 21.8 Å². The van der Waals surface area contributed by atoms with E-state index in [0.717, 1.165) is 18.4 Å². The molecular weight excluding hydrogens is 278 g/mol. The average Bonchev–Trinajstić information content (AvgIpc) is 2.82. The predicted molar refractivity (Wildman–Crippen MR) is 72.0 cm³/mol. The Morgan fingerprint density at radius 1 is 1.06 bits per heavy atom. The Kier molecular flexibility index (Phi) is 3.47. The number of alkyl halides is 1. The smallest absolute Gasteiger partial charge is 0.223 e. The molecule has 0 radical (unpaired) electrons. The van der Waals surface area contributed by atoms with Crippen molar-refractivity contribution in [1.82, 2.24) is 5.32 Å². The SMILES string of the molecule is O=C(NCC1CCCCC1Br)C1C2CCCC21. The van der Waals surface area contributed by atoms with Crippen LogP contribution in [0.2, 0.25) is 0 Å². The molecule has 3 fully saturated rings. The average molecular weight is 300 g/mol. The van der Waals surface area contributed by atoms with Gasteiger partial charge in [0, 0.05) is 17.3 Å². The highest BCUT2D eigenvalue weighted by Crippen LogP contribution is 2.57. The summed E-state index contributed by atoms with van der Waals surface area (Å²) in [6, 6.07) is 0. The second kappa shape index (κ2) is 4.91. The highest BCUT2D eigenvalue weighted by atomic mass is 79.9. The van der Waals surface area contributed by atoms with Gasteiger partial charge in [-0.05, 0) is 43.4 Å². The van der Waals surface area contributed by atoms with Gasteiger partial charge in [0.25, 0.3) is 0 Å². The van der Waals surface area contributed by atoms with Crippen molar-refractivity contribution in [1.29, 1.82) is 0 Å². The second-order valence-electron chi connectivity index (χ2n) is 6.09. The van der Waals surface area contributed by atoms with E-state index in [0.29, 0.717) is 22.6 Å². The van der Waals surface area contributed by atoms with Crippen LogP contribution in [0, 0.1) is 23.7 Å². The van der Waals surface area contributed by atoms with E-state index >= 15 is 0 Å². The van der Waals surface area contributed by atoms with Crippen LogP contribution in [0.1, 0.15) is 44.9 Å². The standard InChI is InChI=1S/C14H22BrNO/c15-12-7-2-1-4-9(12)8-16-14(17)13-10-5-3-6-11(10)13/h9-13H,1-8H2,(H,16,17). The number of fused-ring (bicyclic) bond motifs is 1. The van der Waals surface area contributed by atoms with Crippen LogP contribution in [0.3, 0.4) is 0 Å². The van der Waals surface area contributed by atoms with E-state index in [4.69, 9.17) is 0 Å². The zero-order valence-corrected chi connectivity index (χ0v) is 11.9. The summed E-state index contributed by atoms with van der Waals surface area (Å²) in [4.78, 5) is 12.7. The second-order valence-corrected chi connectivity index (χ2v) is 7.27. The molecule has 96 valence electrons. The zero-order chi connectivity index (χ0) is 11.8. The summed E-state index contributed by atoms with van der Waals surface area (Å²) < 4.78 is 0. The molecule has 0 aliphatic heterocycles. The first kappa shape index (κ1) is 12.0. The topological polar surface area (TPSA) is 29.1 Å². The van der Waals surface area contributed by atoms with Crippen LogP contribution in [0.15, 0.2) is 0 Å². The summed E-state index contributed by atoms with van der Waals surface area (Å²) in [5.41, 5.74) is 0. The lowest BCUT2D eigenvalue weighted by Gasteiger charge is -2.27. The van der Waals surface area contributed by atoms with Gasteiger partial charge in [-0.1, -0.05) is 35.2 Å². The normalized spacial score (nSPS) is 44.2. The molecule has 2 nitrogen and oxygen atoms in total. The Labute approximate surface area is 112 Å². The van der Waals surface area contributed by atoms with Gasteiger partial charge in [-0.2, -0.15) is 0 Å². The van der Waals surface area contributed by atoms with E-state index < -0.39 is 0 Å². The minimum Gasteiger partial charge on any atom is -0.356 e. The molecule has 1 amide bonds. The summed E-state index contributed by atoms with van der Waals surface area (Å²) in [6.45, 7) is 0.894. The van der Waals surface area contributed by atoms with Crippen LogP contribution in [0.25, 0.3) is 0 Å². The number of carbonyl (C=O) groups is 1. The zero-order valence-electron chi connectivity index (χ0n) is 10.3. The van der Waals surface area contributed by atoms with E-state index in [9.17, 15) is 4.79 Å². The molecule has 4 unspecified atom stereocenters. The molecule has 0 bridgehead atoms. The van der Waals surface area contributed by atoms with Crippen molar-refractivity contribution in [3.8, 4) is 0 Å². The van der Waals surface area contributed by atoms with Gasteiger partial charge in [-0.3, -0.25) is 4.79 Å². The molecule has 3 aliphatic rings. The lowest BCUT2D eigenvalue weighted by Crippen LogP contribution is -2.36. The molecule has 0 saturated heterocycles. The van der Waals surface area contributed by atoms with E-state index in [-0.39, 0.29) is 0 Å². The van der Waals surface area contributed by atoms with Gasteiger partial charge < -0.3 is 5.32 Å². The quantitative estimate of drug-likeness (QED) is 0.797. The highest BCUT2D eigenvalue weighted by Gasteiger charge is 2.56. The molecule has 3 aliphatic carbocycles. The van der Waals surface area contributed by atoms with Gasteiger partial charge in [0.15, 0.2) is 0 Å². The monoisotopic (exact) mass is 299 g/mol. The largest absolute Gasteiger partial charge is 0.356 e. The van der Waals surface area contributed by atoms with Crippen LogP contribution in [-0.2, 0) is 4.79 Å². The number of hydrogen-bond acceptors (Lipinski definition) is 1. The van der Waals surface area contributed by atoms with Crippen molar-refractivity contribution in [2.45, 2.75) is 49.8 Å². The lowest BCUT2D eigenvalue weighted by molar-refractivity contribution is -0.123. The summed E-state index contributed by atoms with van der Waals surface area (Å²) >= 11 is 3.75. The molecular formula is C14H22BrNO. The minimum absolute atomic E-state index is 0.352. The predicted octanol–water partition coefficient (Wildman–Crippen LogP) is 3.10. The first-order chi connectivity index (χ1) is 8.27. The van der Waals surface area contributed by atoms with Crippen LogP contribution in [0.4, 0.5) is 0 Å². The molecule has 4 atom stereocenters. The first-order valence-electron chi connectivity index (χ1n) is 7.19. The van der Waals surface area contributed by atoms with E-state index in [1.54, 1.807) is 0 Å². The Balaban J connectivity index is 1.43. The third kappa shape index (κ3) is 2.40. The van der Waals surface area contributed by atoms with Crippen molar-refractivity contribution in [3.05, 3.63) is 0 Å². The molecule has 0 spiro atoms. The van der Waals surface area contributed by atoms with Crippen molar-refractivity contribution in [3.63, 3.8) is 0 Å². The van der Waals surface area contributed by atoms with Gasteiger partial charge in [0.05, 0.1) is 0 Å². The van der Waals surface area contributed by atoms with E-state index in [1.165, 1.54) is 44.9 Å². The molecule has 1 N–H and O–H groups in total. The molecule has 3 heteroatoms. The Morgan fingerprint density at radius 2 is 1.76 bits per heavy atom. The Bertz CT molecular complexity index is 297. The van der Waals surface area contributed by atoms with Crippen LogP contribution >= 0.6 is 15.9 Å². The van der Waals surface area contributed by atoms with E-state index in [1.807, 2.05) is 0 Å². The number of nitrogens with one attached hydrogen (secondary N) is 1. The minimum atomic E-state index is 0.352. The van der Waals surface area contributed by atoms with Crippen molar-refractivity contribution < 1.29 is 4.79 Å². The molecule has 3 rings (SSSR count). The Hall–Kier alpha value is -0.0500. The highest BCUT2D eigenvalue weighted by molar-refractivity contribution is 9.09. The number of amides is 1. The van der Waals surface area contributed by atoms with E-state index in [2.05, 4.69) is 21.2 Å². The summed E-state index contributed by atoms with van der Waals surface area (Å²) in [5, 5.41) is 3.20. The molecule has 0 aromatic carbocycles. The molecule has 0 aromatic heterocycles. The number of hydrogen-bond donors (Lipinski definition) is 1. The molecule has 0 heterocycles. The molecule has 3 saturated carbocycles. The third-order valence-electron chi connectivity index (χ3n) is 5.06. The van der Waals surface area contributed by atoms with Gasteiger partial charge in [0.1, 0.15) is 0 Å². The first-order valence-corrected chi connectivity index (χ1v) is 8.10. The number of carbonyl (C=O) groups excluding carboxylic acids is 1. The molecule has 17 heavy (non-hydrogen) atoms. The fraction of sp³-hybridized carbons (Fsp3) is 0.929. The fourth-order valence-corrected chi connectivity index (χ4v) is 4.73. The van der Waals surface area contributed by atoms with Crippen molar-refractivity contribution in [2.24, 2.45) is 23.7 Å². The lowest BCUT2D eigenvalue weighted by atomic mass is 9.89. The van der Waals surface area contributed by atoms with Gasteiger partial charge >= 0.3 is 0 Å². The Morgan fingerprint density at radius 3 is 2.47 bits per heavy atom. The van der Waals surface area contributed by atoms with Gasteiger partial charge in [-0.15, -0.1) is 0 Å². The maximum atomic E-state index is 12.0. The third-order valence-corrected chi connectivity index (χ3v) is 6.27. The van der Waals surface area contributed by atoms with Crippen LogP contribution < -0.4 is 5.32 Å². The van der Waals surface area contributed by atoms with Crippen molar-refractivity contribution in [2.75, 3.05) is 6.54 Å². The summed E-state index contributed by atoms with van der Waals surface area (Å²) in [7, 11) is 0. The maximum absolute atomic E-state index is 12.0. The maximum Gasteiger partial charge on any atom is 0.223 e. The number of rotatable bonds is 3.